The quantitative estimate of drug-likeness (QED) is 0.837. The molecule has 98 valence electrons. The Morgan fingerprint density at radius 1 is 1.50 bits per heavy atom. The molecule has 0 spiro atoms. The number of nitrogen functional groups attached to an aromatic ring is 1. The van der Waals surface area contributed by atoms with Gasteiger partial charge in [-0.2, -0.15) is 13.2 Å². The van der Waals surface area contributed by atoms with Gasteiger partial charge in [0.15, 0.2) is 0 Å². The average molecular weight is 260 g/mol. The molecule has 0 saturated carbocycles. The number of hydrogen-bond acceptors (Lipinski definition) is 3. The number of anilines is 1. The highest BCUT2D eigenvalue weighted by molar-refractivity contribution is 5.77. The summed E-state index contributed by atoms with van der Waals surface area (Å²) in [4.78, 5) is 16.3. The minimum atomic E-state index is -4.43. The first kappa shape index (κ1) is 12.5. The Hall–Kier alpha value is -1.99. The van der Waals surface area contributed by atoms with E-state index in [1.54, 1.807) is 6.07 Å². The van der Waals surface area contributed by atoms with E-state index in [0.717, 1.165) is 4.90 Å². The zero-order valence-corrected chi connectivity index (χ0v) is 9.24. The van der Waals surface area contributed by atoms with Crippen molar-refractivity contribution in [3.63, 3.8) is 0 Å². The second kappa shape index (κ2) is 4.35. The molecule has 3 N–H and O–H groups in total. The molecule has 0 unspecified atom stereocenters. The van der Waals surface area contributed by atoms with Gasteiger partial charge in [0.2, 0.25) is 0 Å². The molecule has 1 fully saturated rings. The maximum atomic E-state index is 12.4. The van der Waals surface area contributed by atoms with Gasteiger partial charge in [0, 0.05) is 18.9 Å². The van der Waals surface area contributed by atoms with Crippen LogP contribution >= 0.6 is 0 Å². The fourth-order valence-corrected chi connectivity index (χ4v) is 1.73. The molecule has 0 radical (unpaired) electrons. The van der Waals surface area contributed by atoms with E-state index in [2.05, 4.69) is 4.98 Å². The molecule has 2 amide bonds. The lowest BCUT2D eigenvalue weighted by atomic mass is 10.2. The molecule has 1 aliphatic rings. The van der Waals surface area contributed by atoms with E-state index >= 15 is 0 Å². The van der Waals surface area contributed by atoms with Crippen LogP contribution in [0.4, 0.5) is 23.7 Å². The Kier molecular flexibility index (Phi) is 3.02. The summed E-state index contributed by atoms with van der Waals surface area (Å²) < 4.78 is 37.3. The van der Waals surface area contributed by atoms with Gasteiger partial charge in [-0.1, -0.05) is 0 Å². The smallest absolute Gasteiger partial charge is 0.397 e. The summed E-state index contributed by atoms with van der Waals surface area (Å²) in [6.07, 6.45) is -1.55. The van der Waals surface area contributed by atoms with E-state index in [9.17, 15) is 18.0 Å². The van der Waals surface area contributed by atoms with Gasteiger partial charge in [0.1, 0.15) is 6.04 Å². The summed E-state index contributed by atoms with van der Waals surface area (Å²) in [5.41, 5.74) is 6.50. The molecule has 18 heavy (non-hydrogen) atoms. The third kappa shape index (κ3) is 2.63. The predicted molar refractivity (Wildman–Crippen MR) is 57.4 cm³/mol. The van der Waals surface area contributed by atoms with Gasteiger partial charge in [-0.3, -0.25) is 4.98 Å². The van der Waals surface area contributed by atoms with Crippen molar-refractivity contribution in [2.45, 2.75) is 18.8 Å². The number of aromatic nitrogens is 1. The van der Waals surface area contributed by atoms with Gasteiger partial charge in [0.25, 0.3) is 0 Å². The summed E-state index contributed by atoms with van der Waals surface area (Å²) >= 11 is 0. The van der Waals surface area contributed by atoms with E-state index in [0.29, 0.717) is 11.3 Å². The maximum absolute atomic E-state index is 12.4. The lowest BCUT2D eigenvalue weighted by Crippen LogP contribution is -2.40. The van der Waals surface area contributed by atoms with Crippen molar-refractivity contribution in [2.75, 3.05) is 12.3 Å². The molecular weight excluding hydrogens is 249 g/mol. The van der Waals surface area contributed by atoms with Gasteiger partial charge in [-0.05, 0) is 11.6 Å². The molecule has 8 heteroatoms. The van der Waals surface area contributed by atoms with Crippen molar-refractivity contribution >= 4 is 11.7 Å². The molecule has 1 atom stereocenters. The van der Waals surface area contributed by atoms with Crippen molar-refractivity contribution in [3.8, 4) is 0 Å². The Bertz CT molecular complexity index is 463. The summed E-state index contributed by atoms with van der Waals surface area (Å²) in [5, 5.41) is 1.89. The molecule has 1 saturated heterocycles. The van der Waals surface area contributed by atoms with Gasteiger partial charge in [-0.15, -0.1) is 0 Å². The van der Waals surface area contributed by atoms with E-state index in [1.807, 2.05) is 5.32 Å². The second-order valence-electron chi connectivity index (χ2n) is 4.05. The van der Waals surface area contributed by atoms with Crippen LogP contribution in [0.15, 0.2) is 18.5 Å². The highest BCUT2D eigenvalue weighted by Crippen LogP contribution is 2.25. The number of carbonyl (C=O) groups is 1. The van der Waals surface area contributed by atoms with Crippen LogP contribution in [0.25, 0.3) is 0 Å². The first-order valence-electron chi connectivity index (χ1n) is 5.18. The van der Waals surface area contributed by atoms with E-state index < -0.39 is 24.8 Å². The summed E-state index contributed by atoms with van der Waals surface area (Å²) in [6, 6.07) is -0.986. The van der Waals surface area contributed by atoms with Gasteiger partial charge in [-0.25, -0.2) is 4.79 Å². The molecule has 5 nitrogen and oxygen atoms in total. The molecule has 0 aliphatic carbocycles. The second-order valence-corrected chi connectivity index (χ2v) is 4.05. The molecule has 2 rings (SSSR count). The summed E-state index contributed by atoms with van der Waals surface area (Å²) in [5.74, 6) is 0. The Morgan fingerprint density at radius 3 is 2.78 bits per heavy atom. The van der Waals surface area contributed by atoms with Crippen molar-refractivity contribution in [3.05, 3.63) is 24.0 Å². The minimum Gasteiger partial charge on any atom is -0.397 e. The largest absolute Gasteiger partial charge is 0.410 e. The predicted octanol–water partition coefficient (Wildman–Crippen LogP) is 1.12. The number of nitrogens with one attached hydrogen (secondary N) is 1. The summed E-state index contributed by atoms with van der Waals surface area (Å²) in [7, 11) is 0. The number of nitrogens with two attached hydrogens (primary N) is 1. The monoisotopic (exact) mass is 260 g/mol. The average Bonchev–Trinajstić information content (AvgIpc) is 2.60. The molecule has 0 bridgehead atoms. The van der Waals surface area contributed by atoms with Crippen LogP contribution < -0.4 is 11.1 Å². The summed E-state index contributed by atoms with van der Waals surface area (Å²) in [6.45, 7) is -0.354. The maximum Gasteiger partial charge on any atom is 0.410 e. The first-order valence-corrected chi connectivity index (χ1v) is 5.18. The highest BCUT2D eigenvalue weighted by Gasteiger charge is 2.46. The molecule has 1 aromatic heterocycles. The van der Waals surface area contributed by atoms with Crippen LogP contribution in [-0.2, 0) is 6.54 Å². The zero-order chi connectivity index (χ0) is 13.3. The van der Waals surface area contributed by atoms with Crippen molar-refractivity contribution in [1.29, 1.82) is 0 Å². The number of alkyl halides is 3. The Morgan fingerprint density at radius 2 is 2.22 bits per heavy atom. The Labute approximate surface area is 101 Å². The lowest BCUT2D eigenvalue weighted by molar-refractivity contribution is -0.149. The molecule has 1 aliphatic heterocycles. The number of pyridine rings is 1. The number of hydrogen-bond donors (Lipinski definition) is 2. The topological polar surface area (TPSA) is 71.2 Å². The van der Waals surface area contributed by atoms with Crippen LogP contribution in [0.2, 0.25) is 0 Å². The highest BCUT2D eigenvalue weighted by atomic mass is 19.4. The number of halogens is 3. The first-order chi connectivity index (χ1) is 8.36. The number of carbonyl (C=O) groups excluding carboxylic acids is 1. The molecule has 0 aromatic carbocycles. The number of amides is 2. The lowest BCUT2D eigenvalue weighted by Gasteiger charge is -2.15. The molecule has 2 heterocycles. The van der Waals surface area contributed by atoms with Crippen LogP contribution in [0, 0.1) is 0 Å². The number of nitrogens with zero attached hydrogens (tertiary/aromatic N) is 2. The van der Waals surface area contributed by atoms with Crippen LogP contribution in [-0.4, -0.2) is 34.7 Å². The van der Waals surface area contributed by atoms with E-state index in [-0.39, 0.29) is 6.54 Å². The fourth-order valence-electron chi connectivity index (χ4n) is 1.73. The standard InChI is InChI=1S/C10H11F3N4O/c11-10(12,13)8-5-17(9(18)16-8)4-6-1-7(14)3-15-2-6/h1-3,8H,4-5,14H2,(H,16,18)/t8-/m0/s1. The third-order valence-electron chi connectivity index (χ3n) is 2.57. The van der Waals surface area contributed by atoms with Crippen LogP contribution in [0.3, 0.4) is 0 Å². The van der Waals surface area contributed by atoms with Crippen molar-refractivity contribution in [1.82, 2.24) is 15.2 Å². The van der Waals surface area contributed by atoms with Gasteiger partial charge in [0.05, 0.1) is 12.2 Å². The van der Waals surface area contributed by atoms with E-state index in [1.165, 1.54) is 12.4 Å². The van der Waals surface area contributed by atoms with E-state index in [4.69, 9.17) is 5.73 Å². The van der Waals surface area contributed by atoms with Crippen LogP contribution in [0.5, 0.6) is 0 Å². The van der Waals surface area contributed by atoms with Crippen molar-refractivity contribution < 1.29 is 18.0 Å². The normalized spacial score (nSPS) is 20.1. The molecular formula is C10H11F3N4O. The van der Waals surface area contributed by atoms with Gasteiger partial charge >= 0.3 is 12.2 Å². The van der Waals surface area contributed by atoms with Crippen molar-refractivity contribution in [2.24, 2.45) is 0 Å². The number of rotatable bonds is 2. The molecule has 1 aromatic rings. The number of urea groups is 1. The van der Waals surface area contributed by atoms with Gasteiger partial charge < -0.3 is 16.0 Å². The minimum absolute atomic E-state index is 0.0520. The van der Waals surface area contributed by atoms with Crippen LogP contribution in [0.1, 0.15) is 5.56 Å². The Balaban J connectivity index is 2.05. The fraction of sp³-hybridized carbons (Fsp3) is 0.400. The third-order valence-corrected chi connectivity index (χ3v) is 2.57. The zero-order valence-electron chi connectivity index (χ0n) is 9.24. The SMILES string of the molecule is Nc1cncc(CN2C[C@@H](C(F)(F)F)NC2=O)c1.